The maximum Gasteiger partial charge on any atom is 0.356 e. The highest BCUT2D eigenvalue weighted by atomic mass is 16.5. The van der Waals surface area contributed by atoms with E-state index in [9.17, 15) is 4.79 Å². The predicted molar refractivity (Wildman–Crippen MR) is 45.4 cm³/mol. The molecule has 0 aliphatic carbocycles. The van der Waals surface area contributed by atoms with Crippen LogP contribution in [0.5, 0.6) is 0 Å². The van der Waals surface area contributed by atoms with Crippen LogP contribution in [-0.2, 0) is 4.74 Å². The van der Waals surface area contributed by atoms with Gasteiger partial charge in [0.15, 0.2) is 0 Å². The molecule has 0 fully saturated rings. The molecule has 12 heavy (non-hydrogen) atoms. The van der Waals surface area contributed by atoms with Gasteiger partial charge in [0, 0.05) is 6.20 Å². The molecule has 1 aromatic heterocycles. The fourth-order valence-corrected chi connectivity index (χ4v) is 1.11. The normalized spacial score (nSPS) is 9.92. The van der Waals surface area contributed by atoms with Crippen LogP contribution in [0.1, 0.15) is 21.6 Å². The van der Waals surface area contributed by atoms with Crippen LogP contribution in [0.25, 0.3) is 0 Å². The van der Waals surface area contributed by atoms with Crippen molar-refractivity contribution in [3.05, 3.63) is 23.0 Å². The summed E-state index contributed by atoms with van der Waals surface area (Å²) in [5.74, 6) is 5.13. The minimum Gasteiger partial charge on any atom is -0.464 e. The smallest absolute Gasteiger partial charge is 0.356 e. The number of ether oxygens (including phenoxy) is 1. The molecule has 66 valence electrons. The molecule has 1 aromatic rings. The lowest BCUT2D eigenvalue weighted by atomic mass is 10.2. The van der Waals surface area contributed by atoms with E-state index < -0.39 is 5.97 Å². The molecule has 0 unspecified atom stereocenters. The summed E-state index contributed by atoms with van der Waals surface area (Å²) in [5, 5.41) is 0. The molecular formula is C8H12N2O2. The summed E-state index contributed by atoms with van der Waals surface area (Å²) in [6.07, 6.45) is 1.70. The van der Waals surface area contributed by atoms with Crippen LogP contribution in [0.15, 0.2) is 6.20 Å². The van der Waals surface area contributed by atoms with E-state index in [1.807, 2.05) is 13.8 Å². The Morgan fingerprint density at radius 3 is 2.50 bits per heavy atom. The van der Waals surface area contributed by atoms with Gasteiger partial charge in [-0.15, -0.1) is 0 Å². The average Bonchev–Trinajstić information content (AvgIpc) is 2.26. The van der Waals surface area contributed by atoms with E-state index in [0.29, 0.717) is 5.69 Å². The molecule has 1 heterocycles. The Hall–Kier alpha value is -1.45. The topological polar surface area (TPSA) is 57.2 Å². The summed E-state index contributed by atoms with van der Waals surface area (Å²) in [6, 6.07) is 0. The maximum absolute atomic E-state index is 11.1. The number of rotatable bonds is 1. The number of nitrogens with zero attached hydrogens (tertiary/aromatic N) is 1. The second-order valence-electron chi connectivity index (χ2n) is 2.68. The maximum atomic E-state index is 11.1. The third-order valence-corrected chi connectivity index (χ3v) is 1.92. The number of aromatic nitrogens is 1. The minimum absolute atomic E-state index is 0.400. The van der Waals surface area contributed by atoms with Crippen molar-refractivity contribution in [2.24, 2.45) is 0 Å². The molecular weight excluding hydrogens is 156 g/mol. The van der Waals surface area contributed by atoms with Crippen molar-refractivity contribution in [3.63, 3.8) is 0 Å². The molecule has 0 saturated heterocycles. The SMILES string of the molecule is COC(=O)c1c(C)c(C)cn1N. The van der Waals surface area contributed by atoms with Crippen molar-refractivity contribution in [1.82, 2.24) is 4.68 Å². The van der Waals surface area contributed by atoms with E-state index in [4.69, 9.17) is 5.84 Å². The van der Waals surface area contributed by atoms with Crippen molar-refractivity contribution in [3.8, 4) is 0 Å². The van der Waals surface area contributed by atoms with Crippen LogP contribution >= 0.6 is 0 Å². The van der Waals surface area contributed by atoms with Crippen LogP contribution in [0.4, 0.5) is 0 Å². The van der Waals surface area contributed by atoms with Crippen molar-refractivity contribution in [2.45, 2.75) is 13.8 Å². The van der Waals surface area contributed by atoms with Gasteiger partial charge in [0.2, 0.25) is 0 Å². The van der Waals surface area contributed by atoms with Gasteiger partial charge in [-0.3, -0.25) is 4.68 Å². The van der Waals surface area contributed by atoms with Gasteiger partial charge in [0.1, 0.15) is 5.69 Å². The lowest BCUT2D eigenvalue weighted by Crippen LogP contribution is -2.17. The molecule has 1 rings (SSSR count). The van der Waals surface area contributed by atoms with E-state index >= 15 is 0 Å². The Kier molecular flexibility index (Phi) is 2.08. The summed E-state index contributed by atoms with van der Waals surface area (Å²) in [7, 11) is 1.34. The molecule has 0 aliphatic heterocycles. The van der Waals surface area contributed by atoms with E-state index in [2.05, 4.69) is 4.74 Å². The van der Waals surface area contributed by atoms with Crippen LogP contribution in [0, 0.1) is 13.8 Å². The number of nitrogens with two attached hydrogens (primary N) is 1. The molecule has 4 nitrogen and oxygen atoms in total. The van der Waals surface area contributed by atoms with Gasteiger partial charge in [0.25, 0.3) is 0 Å². The van der Waals surface area contributed by atoms with Crippen molar-refractivity contribution in [1.29, 1.82) is 0 Å². The summed E-state index contributed by atoms with van der Waals surface area (Å²) in [6.45, 7) is 3.73. The van der Waals surface area contributed by atoms with Gasteiger partial charge < -0.3 is 10.6 Å². The molecule has 4 heteroatoms. The zero-order valence-electron chi connectivity index (χ0n) is 7.42. The molecule has 0 bridgehead atoms. The first-order valence-corrected chi connectivity index (χ1v) is 3.60. The second kappa shape index (κ2) is 2.89. The largest absolute Gasteiger partial charge is 0.464 e. The van der Waals surface area contributed by atoms with Crippen molar-refractivity contribution >= 4 is 5.97 Å². The highest BCUT2D eigenvalue weighted by Crippen LogP contribution is 2.13. The summed E-state index contributed by atoms with van der Waals surface area (Å²) < 4.78 is 5.86. The van der Waals surface area contributed by atoms with Gasteiger partial charge in [-0.1, -0.05) is 0 Å². The molecule has 0 spiro atoms. The third kappa shape index (κ3) is 1.15. The van der Waals surface area contributed by atoms with E-state index in [-0.39, 0.29) is 0 Å². The number of hydrogen-bond donors (Lipinski definition) is 1. The lowest BCUT2D eigenvalue weighted by Gasteiger charge is -2.01. The van der Waals surface area contributed by atoms with Crippen molar-refractivity contribution in [2.75, 3.05) is 13.0 Å². The zero-order valence-corrected chi connectivity index (χ0v) is 7.42. The number of carbonyl (C=O) groups is 1. The fraction of sp³-hybridized carbons (Fsp3) is 0.375. The average molecular weight is 168 g/mol. The second-order valence-corrected chi connectivity index (χ2v) is 2.68. The van der Waals surface area contributed by atoms with E-state index in [1.54, 1.807) is 6.20 Å². The monoisotopic (exact) mass is 168 g/mol. The standard InChI is InChI=1S/C8H12N2O2/c1-5-4-10(9)7(6(5)2)8(11)12-3/h4H,9H2,1-3H3. The first kappa shape index (κ1) is 8.64. The highest BCUT2D eigenvalue weighted by molar-refractivity contribution is 5.89. The molecule has 0 aromatic carbocycles. The third-order valence-electron chi connectivity index (χ3n) is 1.92. The van der Waals surface area contributed by atoms with E-state index in [1.165, 1.54) is 11.8 Å². The van der Waals surface area contributed by atoms with Gasteiger partial charge >= 0.3 is 5.97 Å². The number of methoxy groups -OCH3 is 1. The number of hydrogen-bond acceptors (Lipinski definition) is 3. The molecule has 2 N–H and O–H groups in total. The summed E-state index contributed by atoms with van der Waals surface area (Å²) in [4.78, 5) is 11.1. The Bertz CT molecular complexity index is 315. The molecule has 0 radical (unpaired) electrons. The molecule has 0 atom stereocenters. The Balaban J connectivity index is 3.22. The van der Waals surface area contributed by atoms with Gasteiger partial charge in [-0.25, -0.2) is 4.79 Å². The highest BCUT2D eigenvalue weighted by Gasteiger charge is 2.15. The zero-order chi connectivity index (χ0) is 9.30. The van der Waals surface area contributed by atoms with Gasteiger partial charge in [0.05, 0.1) is 7.11 Å². The Morgan fingerprint density at radius 1 is 1.58 bits per heavy atom. The van der Waals surface area contributed by atoms with Crippen LogP contribution < -0.4 is 5.84 Å². The number of aryl methyl sites for hydroxylation is 1. The number of carbonyl (C=O) groups excluding carboxylic acids is 1. The Labute approximate surface area is 70.9 Å². The van der Waals surface area contributed by atoms with Crippen LogP contribution in [0.3, 0.4) is 0 Å². The molecule has 0 amide bonds. The van der Waals surface area contributed by atoms with Gasteiger partial charge in [-0.2, -0.15) is 0 Å². The number of nitrogen functional groups attached to an aromatic ring is 1. The summed E-state index contributed by atoms with van der Waals surface area (Å²) >= 11 is 0. The first-order valence-electron chi connectivity index (χ1n) is 3.60. The quantitative estimate of drug-likeness (QED) is 0.493. The van der Waals surface area contributed by atoms with Gasteiger partial charge in [-0.05, 0) is 25.0 Å². The van der Waals surface area contributed by atoms with Crippen molar-refractivity contribution < 1.29 is 9.53 Å². The Morgan fingerprint density at radius 2 is 2.17 bits per heavy atom. The molecule has 0 aliphatic rings. The van der Waals surface area contributed by atoms with E-state index in [0.717, 1.165) is 11.1 Å². The fourth-order valence-electron chi connectivity index (χ4n) is 1.11. The number of esters is 1. The van der Waals surface area contributed by atoms with Crippen LogP contribution in [-0.4, -0.2) is 17.8 Å². The first-order chi connectivity index (χ1) is 5.57. The van der Waals surface area contributed by atoms with Crippen LogP contribution in [0.2, 0.25) is 0 Å². The summed E-state index contributed by atoms with van der Waals surface area (Å²) in [5.41, 5.74) is 2.26. The predicted octanol–water partition coefficient (Wildman–Crippen LogP) is 0.605. The minimum atomic E-state index is -0.400. The molecule has 0 saturated carbocycles. The lowest BCUT2D eigenvalue weighted by molar-refractivity contribution is 0.0590.